The van der Waals surface area contributed by atoms with Gasteiger partial charge in [0.2, 0.25) is 5.91 Å². The van der Waals surface area contributed by atoms with Crippen LogP contribution in [0.5, 0.6) is 0 Å². The van der Waals surface area contributed by atoms with E-state index in [0.717, 1.165) is 16.8 Å². The van der Waals surface area contributed by atoms with Crippen molar-refractivity contribution in [1.82, 2.24) is 19.7 Å². The fourth-order valence-electron chi connectivity index (χ4n) is 2.96. The molecule has 0 saturated carbocycles. The van der Waals surface area contributed by atoms with E-state index in [1.807, 2.05) is 48.0 Å². The number of nitrogens with zero attached hydrogens (tertiary/aromatic N) is 4. The van der Waals surface area contributed by atoms with Crippen LogP contribution < -0.4 is 0 Å². The third-order valence-electron chi connectivity index (χ3n) is 4.46. The van der Waals surface area contributed by atoms with Crippen LogP contribution in [0.2, 0.25) is 0 Å². The Hall–Kier alpha value is -3.32. The number of thiazole rings is 1. The SMILES string of the molecule is CN(Cc1cnn(-c2ccccc2)c1)C(=O)Cc1csc(-c2cccc(F)c2)n1. The van der Waals surface area contributed by atoms with Crippen molar-refractivity contribution in [2.75, 3.05) is 7.05 Å². The fourth-order valence-corrected chi connectivity index (χ4v) is 3.77. The summed E-state index contributed by atoms with van der Waals surface area (Å²) in [6.07, 6.45) is 3.89. The number of amides is 1. The summed E-state index contributed by atoms with van der Waals surface area (Å²) in [5, 5.41) is 6.92. The Labute approximate surface area is 172 Å². The highest BCUT2D eigenvalue weighted by Gasteiger charge is 2.14. The minimum Gasteiger partial charge on any atom is -0.341 e. The van der Waals surface area contributed by atoms with E-state index in [-0.39, 0.29) is 18.1 Å². The number of hydrogen-bond donors (Lipinski definition) is 0. The van der Waals surface area contributed by atoms with Crippen molar-refractivity contribution in [2.24, 2.45) is 0 Å². The molecule has 4 rings (SSSR count). The fraction of sp³-hybridized carbons (Fsp3) is 0.136. The average Bonchev–Trinajstić information content (AvgIpc) is 3.38. The van der Waals surface area contributed by atoms with Crippen LogP contribution >= 0.6 is 11.3 Å². The van der Waals surface area contributed by atoms with Gasteiger partial charge in [-0.2, -0.15) is 5.10 Å². The Morgan fingerprint density at radius 3 is 2.79 bits per heavy atom. The molecule has 0 aliphatic heterocycles. The zero-order valence-corrected chi connectivity index (χ0v) is 16.6. The molecular weight excluding hydrogens is 387 g/mol. The van der Waals surface area contributed by atoms with Crippen molar-refractivity contribution in [3.05, 3.63) is 89.4 Å². The zero-order valence-electron chi connectivity index (χ0n) is 15.8. The van der Waals surface area contributed by atoms with Gasteiger partial charge >= 0.3 is 0 Å². The highest BCUT2D eigenvalue weighted by atomic mass is 32.1. The Kier molecular flexibility index (Phi) is 5.48. The van der Waals surface area contributed by atoms with Crippen LogP contribution in [-0.4, -0.2) is 32.6 Å². The molecule has 0 bridgehead atoms. The minimum atomic E-state index is -0.300. The van der Waals surface area contributed by atoms with Crippen LogP contribution in [0.4, 0.5) is 4.39 Å². The van der Waals surface area contributed by atoms with E-state index < -0.39 is 0 Å². The molecule has 2 aromatic heterocycles. The summed E-state index contributed by atoms with van der Waals surface area (Å²) >= 11 is 1.41. The van der Waals surface area contributed by atoms with E-state index >= 15 is 0 Å². The van der Waals surface area contributed by atoms with Gasteiger partial charge in [-0.1, -0.05) is 30.3 Å². The number of para-hydroxylation sites is 1. The van der Waals surface area contributed by atoms with Gasteiger partial charge in [-0.25, -0.2) is 14.1 Å². The predicted molar refractivity (Wildman–Crippen MR) is 111 cm³/mol. The van der Waals surface area contributed by atoms with Crippen LogP contribution in [0.15, 0.2) is 72.4 Å². The molecule has 0 saturated heterocycles. The van der Waals surface area contributed by atoms with E-state index in [9.17, 15) is 9.18 Å². The lowest BCUT2D eigenvalue weighted by Gasteiger charge is -2.15. The molecular formula is C22H19FN4OS. The normalized spacial score (nSPS) is 10.8. The van der Waals surface area contributed by atoms with Gasteiger partial charge in [0, 0.05) is 36.3 Å². The van der Waals surface area contributed by atoms with Gasteiger partial charge in [0.1, 0.15) is 10.8 Å². The average molecular weight is 406 g/mol. The largest absolute Gasteiger partial charge is 0.341 e. The van der Waals surface area contributed by atoms with Gasteiger partial charge in [-0.3, -0.25) is 4.79 Å². The van der Waals surface area contributed by atoms with Crippen LogP contribution in [0.3, 0.4) is 0 Å². The number of rotatable bonds is 6. The second-order valence-corrected chi connectivity index (χ2v) is 7.57. The summed E-state index contributed by atoms with van der Waals surface area (Å²) < 4.78 is 15.2. The van der Waals surface area contributed by atoms with Gasteiger partial charge in [-0.15, -0.1) is 11.3 Å². The molecule has 0 radical (unpaired) electrons. The van der Waals surface area contributed by atoms with E-state index in [1.54, 1.807) is 28.9 Å². The molecule has 29 heavy (non-hydrogen) atoms. The summed E-state index contributed by atoms with van der Waals surface area (Å²) in [5.41, 5.74) is 3.32. The molecule has 1 amide bonds. The molecule has 0 unspecified atom stereocenters. The topological polar surface area (TPSA) is 51.0 Å². The van der Waals surface area contributed by atoms with Gasteiger partial charge in [0.25, 0.3) is 0 Å². The maximum absolute atomic E-state index is 13.4. The Balaban J connectivity index is 1.38. The van der Waals surface area contributed by atoms with Gasteiger partial charge in [0.15, 0.2) is 0 Å². The molecule has 5 nitrogen and oxygen atoms in total. The molecule has 7 heteroatoms. The minimum absolute atomic E-state index is 0.0337. The summed E-state index contributed by atoms with van der Waals surface area (Å²) in [6.45, 7) is 0.465. The number of hydrogen-bond acceptors (Lipinski definition) is 4. The lowest BCUT2D eigenvalue weighted by Crippen LogP contribution is -2.27. The second kappa shape index (κ2) is 8.36. The van der Waals surface area contributed by atoms with Gasteiger partial charge in [-0.05, 0) is 24.3 Å². The number of aromatic nitrogens is 3. The molecule has 4 aromatic rings. The van der Waals surface area contributed by atoms with E-state index in [4.69, 9.17) is 0 Å². The van der Waals surface area contributed by atoms with Crippen LogP contribution in [-0.2, 0) is 17.8 Å². The molecule has 0 N–H and O–H groups in total. The van der Waals surface area contributed by atoms with Crippen molar-refractivity contribution in [3.63, 3.8) is 0 Å². The molecule has 2 aromatic carbocycles. The lowest BCUT2D eigenvalue weighted by molar-refractivity contribution is -0.129. The third-order valence-corrected chi connectivity index (χ3v) is 5.40. The Bertz CT molecular complexity index is 1120. The first kappa shape index (κ1) is 19.0. The first-order chi connectivity index (χ1) is 14.1. The lowest BCUT2D eigenvalue weighted by atomic mass is 10.2. The molecule has 2 heterocycles. The maximum atomic E-state index is 13.4. The van der Waals surface area contributed by atoms with E-state index in [1.165, 1.54) is 23.5 Å². The Morgan fingerprint density at radius 1 is 1.17 bits per heavy atom. The summed E-state index contributed by atoms with van der Waals surface area (Å²) in [5.74, 6) is -0.334. The number of carbonyl (C=O) groups is 1. The highest BCUT2D eigenvalue weighted by molar-refractivity contribution is 7.13. The zero-order chi connectivity index (χ0) is 20.2. The molecule has 0 atom stereocenters. The monoisotopic (exact) mass is 406 g/mol. The predicted octanol–water partition coefficient (Wildman–Crippen LogP) is 4.34. The molecule has 0 aliphatic carbocycles. The van der Waals surface area contributed by atoms with Crippen LogP contribution in [0, 0.1) is 5.82 Å². The number of benzene rings is 2. The smallest absolute Gasteiger partial charge is 0.228 e. The highest BCUT2D eigenvalue weighted by Crippen LogP contribution is 2.24. The van der Waals surface area contributed by atoms with Crippen LogP contribution in [0.25, 0.3) is 16.3 Å². The van der Waals surface area contributed by atoms with Gasteiger partial charge < -0.3 is 4.90 Å². The van der Waals surface area contributed by atoms with Crippen LogP contribution in [0.1, 0.15) is 11.3 Å². The van der Waals surface area contributed by atoms with Crippen molar-refractivity contribution in [3.8, 4) is 16.3 Å². The summed E-state index contributed by atoms with van der Waals surface area (Å²) in [4.78, 5) is 18.7. The van der Waals surface area contributed by atoms with E-state index in [0.29, 0.717) is 17.2 Å². The standard InChI is InChI=1S/C22H19FN4OS/c1-26(13-16-12-24-27(14-16)20-8-3-2-4-9-20)21(28)11-19-15-29-22(25-19)17-6-5-7-18(23)10-17/h2-10,12,14-15H,11,13H2,1H3. The number of halogens is 1. The van der Waals surface area contributed by atoms with Crippen molar-refractivity contribution < 1.29 is 9.18 Å². The third kappa shape index (κ3) is 4.57. The molecule has 0 aliphatic rings. The van der Waals surface area contributed by atoms with Crippen molar-refractivity contribution in [1.29, 1.82) is 0 Å². The van der Waals surface area contributed by atoms with Crippen molar-refractivity contribution >= 4 is 17.2 Å². The quantitative estimate of drug-likeness (QED) is 0.479. The molecule has 146 valence electrons. The van der Waals surface area contributed by atoms with E-state index in [2.05, 4.69) is 10.1 Å². The molecule has 0 fully saturated rings. The first-order valence-electron chi connectivity index (χ1n) is 9.12. The van der Waals surface area contributed by atoms with Gasteiger partial charge in [0.05, 0.1) is 24.0 Å². The molecule has 0 spiro atoms. The Morgan fingerprint density at radius 2 is 2.00 bits per heavy atom. The van der Waals surface area contributed by atoms with Crippen molar-refractivity contribution in [2.45, 2.75) is 13.0 Å². The second-order valence-electron chi connectivity index (χ2n) is 6.71. The maximum Gasteiger partial charge on any atom is 0.228 e. The summed E-state index contributed by atoms with van der Waals surface area (Å²) in [6, 6.07) is 16.1. The number of carbonyl (C=O) groups excluding carboxylic acids is 1. The summed E-state index contributed by atoms with van der Waals surface area (Å²) in [7, 11) is 1.77. The number of likely N-dealkylation sites (N-methyl/N-ethyl adjacent to an activating group) is 1. The first-order valence-corrected chi connectivity index (χ1v) is 10.00.